The van der Waals surface area contributed by atoms with Crippen LogP contribution in [0.4, 0.5) is 0 Å². The third-order valence-corrected chi connectivity index (χ3v) is 6.23. The fourth-order valence-electron chi connectivity index (χ4n) is 2.98. The quantitative estimate of drug-likeness (QED) is 0.175. The number of hydrogen-bond donors (Lipinski definition) is 4. The average Bonchev–Trinajstić information content (AvgIpc) is 2.64. The lowest BCUT2D eigenvalue weighted by Gasteiger charge is -2.25. The molecule has 0 bridgehead atoms. The third-order valence-electron chi connectivity index (χ3n) is 4.88. The van der Waals surface area contributed by atoms with E-state index in [0.29, 0.717) is 25.0 Å². The molecule has 4 N–H and O–H groups in total. The van der Waals surface area contributed by atoms with Crippen LogP contribution in [0.2, 0.25) is 0 Å². The van der Waals surface area contributed by atoms with Crippen molar-refractivity contribution in [3.05, 3.63) is 29.8 Å². The fourth-order valence-corrected chi connectivity index (χ4v) is 3.99. The van der Waals surface area contributed by atoms with Gasteiger partial charge in [0.25, 0.3) is 0 Å². The van der Waals surface area contributed by atoms with Gasteiger partial charge in [0.05, 0.1) is 24.5 Å². The van der Waals surface area contributed by atoms with Gasteiger partial charge in [0.1, 0.15) is 5.75 Å². The molecule has 0 spiro atoms. The Hall–Kier alpha value is -1.11. The van der Waals surface area contributed by atoms with E-state index in [9.17, 15) is 13.5 Å². The summed E-state index contributed by atoms with van der Waals surface area (Å²) in [6.07, 6.45) is 2.73. The van der Waals surface area contributed by atoms with Crippen LogP contribution >= 0.6 is 24.0 Å². The van der Waals surface area contributed by atoms with Crippen LogP contribution in [0.3, 0.4) is 0 Å². The molecule has 0 aliphatic heterocycles. The van der Waals surface area contributed by atoms with E-state index in [1.807, 2.05) is 45.0 Å². The zero-order chi connectivity index (χ0) is 22.0. The Morgan fingerprint density at radius 3 is 2.45 bits per heavy atom. The lowest BCUT2D eigenvalue weighted by atomic mass is 9.86. The van der Waals surface area contributed by atoms with Gasteiger partial charge in [0.15, 0.2) is 5.96 Å². The summed E-state index contributed by atoms with van der Waals surface area (Å²) < 4.78 is 32.5. The Labute approximate surface area is 203 Å². The summed E-state index contributed by atoms with van der Waals surface area (Å²) in [4.78, 5) is 4.37. The molecule has 178 valence electrons. The maximum absolute atomic E-state index is 12.1. The summed E-state index contributed by atoms with van der Waals surface area (Å²) >= 11 is 0. The van der Waals surface area contributed by atoms with Crippen molar-refractivity contribution in [2.75, 3.05) is 31.9 Å². The molecule has 1 fully saturated rings. The molecule has 31 heavy (non-hydrogen) atoms. The molecule has 1 aromatic carbocycles. The van der Waals surface area contributed by atoms with E-state index in [1.54, 1.807) is 0 Å². The molecule has 1 aromatic rings. The summed E-state index contributed by atoms with van der Waals surface area (Å²) in [5.41, 5.74) is 0.744. The van der Waals surface area contributed by atoms with Gasteiger partial charge in [0, 0.05) is 19.6 Å². The number of aliphatic hydroxyl groups excluding tert-OH is 1. The van der Waals surface area contributed by atoms with Crippen molar-refractivity contribution in [2.24, 2.45) is 10.9 Å². The van der Waals surface area contributed by atoms with Crippen LogP contribution in [-0.4, -0.2) is 57.5 Å². The van der Waals surface area contributed by atoms with E-state index in [2.05, 4.69) is 20.3 Å². The van der Waals surface area contributed by atoms with E-state index in [1.165, 1.54) is 6.42 Å². The summed E-state index contributed by atoms with van der Waals surface area (Å²) in [6.45, 7) is 7.41. The van der Waals surface area contributed by atoms with Crippen molar-refractivity contribution >= 4 is 40.0 Å². The first-order chi connectivity index (χ1) is 14.3. The summed E-state index contributed by atoms with van der Waals surface area (Å²) in [6, 6.07) is 7.29. The molecule has 1 atom stereocenters. The van der Waals surface area contributed by atoms with Gasteiger partial charge in [-0.1, -0.05) is 18.6 Å². The van der Waals surface area contributed by atoms with Gasteiger partial charge in [0.2, 0.25) is 10.0 Å². The summed E-state index contributed by atoms with van der Waals surface area (Å²) in [7, 11) is -3.31. The maximum Gasteiger partial charge on any atom is 0.213 e. The molecule has 1 aliphatic rings. The van der Waals surface area contributed by atoms with Crippen LogP contribution in [-0.2, 0) is 10.0 Å². The Morgan fingerprint density at radius 1 is 1.23 bits per heavy atom. The maximum atomic E-state index is 12.1. The Balaban J connectivity index is 0.00000480. The van der Waals surface area contributed by atoms with Crippen LogP contribution in [0, 0.1) is 5.92 Å². The highest BCUT2D eigenvalue weighted by molar-refractivity contribution is 14.0. The van der Waals surface area contributed by atoms with Crippen LogP contribution in [0.15, 0.2) is 29.3 Å². The van der Waals surface area contributed by atoms with Gasteiger partial charge >= 0.3 is 0 Å². The van der Waals surface area contributed by atoms with Crippen LogP contribution < -0.4 is 20.1 Å². The first-order valence-electron chi connectivity index (χ1n) is 10.7. The van der Waals surface area contributed by atoms with E-state index < -0.39 is 16.1 Å². The fraction of sp³-hybridized carbons (Fsp3) is 0.667. The minimum atomic E-state index is -3.31. The van der Waals surface area contributed by atoms with Gasteiger partial charge in [-0.25, -0.2) is 13.1 Å². The second kappa shape index (κ2) is 14.1. The number of sulfonamides is 1. The first-order valence-corrected chi connectivity index (χ1v) is 12.4. The third kappa shape index (κ3) is 10.8. The highest BCUT2D eigenvalue weighted by Gasteiger charge is 2.20. The predicted octanol–water partition coefficient (Wildman–Crippen LogP) is 2.40. The monoisotopic (exact) mass is 568 g/mol. The molecule has 8 nitrogen and oxygen atoms in total. The van der Waals surface area contributed by atoms with E-state index in [-0.39, 0.29) is 48.9 Å². The van der Waals surface area contributed by atoms with Crippen LogP contribution in [0.5, 0.6) is 5.75 Å². The van der Waals surface area contributed by atoms with E-state index in [4.69, 9.17) is 4.74 Å². The number of nitrogens with one attached hydrogen (secondary N) is 3. The summed E-state index contributed by atoms with van der Waals surface area (Å²) in [5.74, 6) is 1.69. The zero-order valence-corrected chi connectivity index (χ0v) is 21.8. The van der Waals surface area contributed by atoms with Gasteiger partial charge < -0.3 is 20.5 Å². The molecule has 10 heteroatoms. The van der Waals surface area contributed by atoms with Crippen molar-refractivity contribution < 1.29 is 18.3 Å². The molecule has 1 aliphatic carbocycles. The average molecular weight is 569 g/mol. The molecular weight excluding hydrogens is 531 g/mol. The van der Waals surface area contributed by atoms with Crippen molar-refractivity contribution in [1.82, 2.24) is 15.4 Å². The lowest BCUT2D eigenvalue weighted by Crippen LogP contribution is -2.42. The minimum Gasteiger partial charge on any atom is -0.491 e. The molecule has 2 rings (SSSR count). The summed E-state index contributed by atoms with van der Waals surface area (Å²) in [5, 5.41) is 16.5. The van der Waals surface area contributed by atoms with Gasteiger partial charge in [-0.3, -0.25) is 4.99 Å². The number of hydrogen-bond acceptors (Lipinski definition) is 5. The molecule has 0 amide bonds. The highest BCUT2D eigenvalue weighted by atomic mass is 127. The van der Waals surface area contributed by atoms with Gasteiger partial charge in [-0.15, -0.1) is 24.0 Å². The van der Waals surface area contributed by atoms with Crippen LogP contribution in [0.25, 0.3) is 0 Å². The van der Waals surface area contributed by atoms with Crippen molar-refractivity contribution in [1.29, 1.82) is 0 Å². The SMILES string of the molecule is CCNC(=NCC(O)c1ccc(OC(C)C)cc1)NCCS(=O)(=O)NCC1CCC1.I. The van der Waals surface area contributed by atoms with Crippen molar-refractivity contribution in [3.8, 4) is 5.75 Å². The van der Waals surface area contributed by atoms with E-state index >= 15 is 0 Å². The second-order valence-electron chi connectivity index (χ2n) is 7.86. The largest absolute Gasteiger partial charge is 0.491 e. The molecular formula is C21H37IN4O4S. The number of nitrogens with zero attached hydrogens (tertiary/aromatic N) is 1. The number of ether oxygens (including phenoxy) is 1. The highest BCUT2D eigenvalue weighted by Crippen LogP contribution is 2.25. The zero-order valence-electron chi connectivity index (χ0n) is 18.6. The number of aliphatic hydroxyl groups is 1. The first kappa shape index (κ1) is 27.9. The van der Waals surface area contributed by atoms with Gasteiger partial charge in [-0.2, -0.15) is 0 Å². The van der Waals surface area contributed by atoms with Gasteiger partial charge in [-0.05, 0) is 57.2 Å². The molecule has 1 unspecified atom stereocenters. The Morgan fingerprint density at radius 2 is 1.90 bits per heavy atom. The lowest BCUT2D eigenvalue weighted by molar-refractivity contribution is 0.186. The molecule has 0 heterocycles. The predicted molar refractivity (Wildman–Crippen MR) is 136 cm³/mol. The minimum absolute atomic E-state index is 0. The topological polar surface area (TPSA) is 112 Å². The molecule has 0 aromatic heterocycles. The van der Waals surface area contributed by atoms with E-state index in [0.717, 1.165) is 24.2 Å². The normalized spacial score (nSPS) is 15.7. The molecule has 1 saturated carbocycles. The number of guanidine groups is 1. The number of benzene rings is 1. The number of halogens is 1. The number of aliphatic imine (C=N–C) groups is 1. The number of rotatable bonds is 12. The Bertz CT molecular complexity index is 768. The Kier molecular flexibility index (Phi) is 12.7. The van der Waals surface area contributed by atoms with Crippen molar-refractivity contribution in [3.63, 3.8) is 0 Å². The van der Waals surface area contributed by atoms with Crippen molar-refractivity contribution in [2.45, 2.75) is 52.2 Å². The molecule has 0 saturated heterocycles. The standard InChI is InChI=1S/C21H36N4O4S.HI/c1-4-22-21(23-12-13-30(27,28)25-14-17-6-5-7-17)24-15-20(26)18-8-10-19(11-9-18)29-16(2)3;/h8-11,16-17,20,25-26H,4-7,12-15H2,1-3H3,(H2,22,23,24);1H. The second-order valence-corrected chi connectivity index (χ2v) is 9.79. The smallest absolute Gasteiger partial charge is 0.213 e. The van der Waals surface area contributed by atoms with Crippen LogP contribution in [0.1, 0.15) is 51.7 Å². The molecule has 0 radical (unpaired) electrons.